The summed E-state index contributed by atoms with van der Waals surface area (Å²) in [6, 6.07) is 8.92. The van der Waals surface area contributed by atoms with Crippen molar-refractivity contribution in [3.05, 3.63) is 35.3 Å². The Morgan fingerprint density at radius 1 is 1.50 bits per heavy atom. The molecule has 1 aromatic heterocycles. The molecule has 6 nitrogen and oxygen atoms in total. The molecule has 0 fully saturated rings. The Morgan fingerprint density at radius 3 is 3.00 bits per heavy atom. The molecule has 102 valence electrons. The van der Waals surface area contributed by atoms with E-state index in [0.717, 1.165) is 11.3 Å². The summed E-state index contributed by atoms with van der Waals surface area (Å²) in [5, 5.41) is 11.6. The zero-order valence-electron chi connectivity index (χ0n) is 10.6. The lowest BCUT2D eigenvalue weighted by molar-refractivity contribution is -0.118. The van der Waals surface area contributed by atoms with Gasteiger partial charge in [0.15, 0.2) is 11.7 Å². The molecule has 0 aliphatic carbocycles. The third-order valence-electron chi connectivity index (χ3n) is 2.27. The molecule has 2 rings (SSSR count). The number of nitriles is 1. The molecule has 0 radical (unpaired) electrons. The Kier molecular flexibility index (Phi) is 4.52. The van der Waals surface area contributed by atoms with E-state index in [9.17, 15) is 4.79 Å². The zero-order valence-corrected chi connectivity index (χ0v) is 11.4. The van der Waals surface area contributed by atoms with Gasteiger partial charge >= 0.3 is 0 Å². The Balaban J connectivity index is 1.87. The van der Waals surface area contributed by atoms with Gasteiger partial charge in [0, 0.05) is 6.07 Å². The van der Waals surface area contributed by atoms with Crippen molar-refractivity contribution in [2.75, 3.05) is 19.0 Å². The molecule has 0 saturated heterocycles. The number of amides is 1. The number of nitrogens with zero attached hydrogens (tertiary/aromatic N) is 2. The molecule has 1 heterocycles. The van der Waals surface area contributed by atoms with E-state index in [0.29, 0.717) is 21.5 Å². The maximum absolute atomic E-state index is 11.7. The summed E-state index contributed by atoms with van der Waals surface area (Å²) in [4.78, 5) is 16.0. The van der Waals surface area contributed by atoms with Crippen LogP contribution in [-0.4, -0.2) is 24.6 Å². The molecule has 0 atom stereocenters. The molecule has 0 saturated carbocycles. The van der Waals surface area contributed by atoms with Crippen LogP contribution in [0.25, 0.3) is 0 Å². The number of nitrogens with one attached hydrogen (secondary N) is 1. The number of hydrogen-bond acceptors (Lipinski definition) is 6. The van der Waals surface area contributed by atoms with Crippen molar-refractivity contribution in [3.63, 3.8) is 0 Å². The fourth-order valence-corrected chi connectivity index (χ4v) is 2.01. The zero-order chi connectivity index (χ0) is 14.4. The van der Waals surface area contributed by atoms with Gasteiger partial charge in [-0.15, -0.1) is 0 Å². The lowest BCUT2D eigenvalue weighted by Crippen LogP contribution is -2.19. The number of ether oxygens (including phenoxy) is 2. The third kappa shape index (κ3) is 3.70. The molecular formula is C13H11N3O3S. The molecule has 2 aromatic rings. The second-order valence-electron chi connectivity index (χ2n) is 3.66. The van der Waals surface area contributed by atoms with Crippen molar-refractivity contribution >= 4 is 22.4 Å². The SMILES string of the molecule is COc1cccc(OCC(=O)Nc2ncc(C#N)s2)c1. The van der Waals surface area contributed by atoms with Crippen LogP contribution in [0.15, 0.2) is 30.5 Å². The minimum Gasteiger partial charge on any atom is -0.497 e. The summed E-state index contributed by atoms with van der Waals surface area (Å²) in [7, 11) is 1.56. The lowest BCUT2D eigenvalue weighted by Gasteiger charge is -2.07. The quantitative estimate of drug-likeness (QED) is 0.910. The number of hydrogen-bond donors (Lipinski definition) is 1. The summed E-state index contributed by atoms with van der Waals surface area (Å²) < 4.78 is 10.4. The molecule has 1 amide bonds. The van der Waals surface area contributed by atoms with Crippen molar-refractivity contribution in [1.29, 1.82) is 5.26 Å². The van der Waals surface area contributed by atoms with Crippen LogP contribution in [-0.2, 0) is 4.79 Å². The highest BCUT2D eigenvalue weighted by Gasteiger charge is 2.07. The first-order valence-electron chi connectivity index (χ1n) is 5.64. The molecule has 20 heavy (non-hydrogen) atoms. The first kappa shape index (κ1) is 13.8. The van der Waals surface area contributed by atoms with Crippen LogP contribution in [0.3, 0.4) is 0 Å². The van der Waals surface area contributed by atoms with E-state index in [-0.39, 0.29) is 12.5 Å². The smallest absolute Gasteiger partial charge is 0.264 e. The topological polar surface area (TPSA) is 84.2 Å². The number of anilines is 1. The highest BCUT2D eigenvalue weighted by Crippen LogP contribution is 2.19. The molecule has 0 aliphatic rings. The van der Waals surface area contributed by atoms with E-state index in [1.54, 1.807) is 31.4 Å². The Hall–Kier alpha value is -2.59. The number of aromatic nitrogens is 1. The first-order valence-corrected chi connectivity index (χ1v) is 6.45. The number of benzene rings is 1. The van der Waals surface area contributed by atoms with Crippen LogP contribution in [0.2, 0.25) is 0 Å². The highest BCUT2D eigenvalue weighted by atomic mass is 32.1. The second-order valence-corrected chi connectivity index (χ2v) is 4.69. The van der Waals surface area contributed by atoms with Crippen molar-refractivity contribution in [3.8, 4) is 17.6 Å². The molecule has 0 aliphatic heterocycles. The highest BCUT2D eigenvalue weighted by molar-refractivity contribution is 7.16. The molecule has 1 N–H and O–H groups in total. The van der Waals surface area contributed by atoms with Gasteiger partial charge in [-0.3, -0.25) is 10.1 Å². The maximum Gasteiger partial charge on any atom is 0.264 e. The Morgan fingerprint density at radius 2 is 2.30 bits per heavy atom. The standard InChI is InChI=1S/C13H11N3O3S/c1-18-9-3-2-4-10(5-9)19-8-12(17)16-13-15-7-11(6-14)20-13/h2-5,7H,8H2,1H3,(H,15,16,17). The van der Waals surface area contributed by atoms with Gasteiger partial charge in [-0.2, -0.15) is 5.26 Å². The summed E-state index contributed by atoms with van der Waals surface area (Å²) in [5.74, 6) is 0.851. The fraction of sp³-hybridized carbons (Fsp3) is 0.154. The minimum atomic E-state index is -0.341. The Labute approximate surface area is 119 Å². The van der Waals surface area contributed by atoms with Gasteiger partial charge in [0.25, 0.3) is 5.91 Å². The number of thiazole rings is 1. The lowest BCUT2D eigenvalue weighted by atomic mass is 10.3. The van der Waals surface area contributed by atoms with Crippen LogP contribution in [0.5, 0.6) is 11.5 Å². The fourth-order valence-electron chi connectivity index (χ4n) is 1.38. The molecule has 1 aromatic carbocycles. The van der Waals surface area contributed by atoms with Crippen molar-refractivity contribution in [2.45, 2.75) is 0 Å². The van der Waals surface area contributed by atoms with Crippen LogP contribution in [0, 0.1) is 11.3 Å². The summed E-state index contributed by atoms with van der Waals surface area (Å²) in [5.41, 5.74) is 0. The number of rotatable bonds is 5. The first-order chi connectivity index (χ1) is 9.71. The largest absolute Gasteiger partial charge is 0.497 e. The van der Waals surface area contributed by atoms with Crippen LogP contribution >= 0.6 is 11.3 Å². The van der Waals surface area contributed by atoms with E-state index in [4.69, 9.17) is 14.7 Å². The van der Waals surface area contributed by atoms with Gasteiger partial charge < -0.3 is 9.47 Å². The monoisotopic (exact) mass is 289 g/mol. The van der Waals surface area contributed by atoms with Crippen LogP contribution in [0.4, 0.5) is 5.13 Å². The maximum atomic E-state index is 11.7. The summed E-state index contributed by atoms with van der Waals surface area (Å²) in [6.45, 7) is -0.144. The predicted molar refractivity (Wildman–Crippen MR) is 73.9 cm³/mol. The molecular weight excluding hydrogens is 278 g/mol. The normalized spacial score (nSPS) is 9.60. The van der Waals surface area contributed by atoms with Gasteiger partial charge in [0.1, 0.15) is 22.4 Å². The van der Waals surface area contributed by atoms with Crippen molar-refractivity contribution in [1.82, 2.24) is 4.98 Å². The number of carbonyl (C=O) groups is 1. The van der Waals surface area contributed by atoms with Crippen molar-refractivity contribution < 1.29 is 14.3 Å². The average molecular weight is 289 g/mol. The van der Waals surface area contributed by atoms with Gasteiger partial charge in [-0.1, -0.05) is 17.4 Å². The third-order valence-corrected chi connectivity index (χ3v) is 3.09. The summed E-state index contributed by atoms with van der Waals surface area (Å²) in [6.07, 6.45) is 1.41. The van der Waals surface area contributed by atoms with E-state index in [1.807, 2.05) is 6.07 Å². The predicted octanol–water partition coefficient (Wildman–Crippen LogP) is 2.04. The number of carbonyl (C=O) groups excluding carboxylic acids is 1. The minimum absolute atomic E-state index is 0.144. The van der Waals surface area contributed by atoms with Gasteiger partial charge in [-0.25, -0.2) is 4.98 Å². The van der Waals surface area contributed by atoms with E-state index in [1.165, 1.54) is 6.20 Å². The molecule has 0 spiro atoms. The van der Waals surface area contributed by atoms with Crippen LogP contribution in [0.1, 0.15) is 4.88 Å². The summed E-state index contributed by atoms with van der Waals surface area (Å²) >= 11 is 1.11. The Bertz CT molecular complexity index is 648. The van der Waals surface area contributed by atoms with Crippen molar-refractivity contribution in [2.24, 2.45) is 0 Å². The molecule has 0 bridgehead atoms. The van der Waals surface area contributed by atoms with Gasteiger partial charge in [0.2, 0.25) is 0 Å². The second kappa shape index (κ2) is 6.54. The van der Waals surface area contributed by atoms with E-state index in [2.05, 4.69) is 10.3 Å². The van der Waals surface area contributed by atoms with Gasteiger partial charge in [0.05, 0.1) is 13.3 Å². The number of methoxy groups -OCH3 is 1. The van der Waals surface area contributed by atoms with Crippen LogP contribution < -0.4 is 14.8 Å². The average Bonchev–Trinajstić information content (AvgIpc) is 2.93. The van der Waals surface area contributed by atoms with E-state index >= 15 is 0 Å². The van der Waals surface area contributed by atoms with Gasteiger partial charge in [-0.05, 0) is 12.1 Å². The van der Waals surface area contributed by atoms with E-state index < -0.39 is 0 Å². The molecule has 0 unspecified atom stereocenters. The molecule has 7 heteroatoms.